The van der Waals surface area contributed by atoms with Gasteiger partial charge in [-0.3, -0.25) is 0 Å². The van der Waals surface area contributed by atoms with Gasteiger partial charge in [-0.25, -0.2) is 0 Å². The van der Waals surface area contributed by atoms with Gasteiger partial charge in [-0.1, -0.05) is 40.7 Å². The SMILES string of the molecule is C=CC(C)C1CCC(C(C)C(C)C2CC2C)CC1C. The number of hydrogen-bond acceptors (Lipinski definition) is 0. The predicted octanol–water partition coefficient (Wildman–Crippen LogP) is 5.79. The van der Waals surface area contributed by atoms with Crippen molar-refractivity contribution in [1.82, 2.24) is 0 Å². The van der Waals surface area contributed by atoms with Crippen molar-refractivity contribution in [3.05, 3.63) is 12.7 Å². The van der Waals surface area contributed by atoms with Crippen molar-refractivity contribution in [3.8, 4) is 0 Å². The molecule has 0 amide bonds. The molecule has 110 valence electrons. The van der Waals surface area contributed by atoms with E-state index in [2.05, 4.69) is 47.3 Å². The molecule has 2 aliphatic carbocycles. The summed E-state index contributed by atoms with van der Waals surface area (Å²) in [6.07, 6.45) is 7.99. The van der Waals surface area contributed by atoms with E-state index in [0.717, 1.165) is 41.4 Å². The third kappa shape index (κ3) is 3.26. The van der Waals surface area contributed by atoms with Crippen LogP contribution in [0.25, 0.3) is 0 Å². The average molecular weight is 262 g/mol. The summed E-state index contributed by atoms with van der Waals surface area (Å²) in [5, 5.41) is 0. The second-order valence-corrected chi connectivity index (χ2v) is 7.90. The molecule has 0 saturated heterocycles. The first-order valence-electron chi connectivity index (χ1n) is 8.58. The third-order valence-electron chi connectivity index (χ3n) is 6.74. The molecule has 8 unspecified atom stereocenters. The second-order valence-electron chi connectivity index (χ2n) is 7.90. The molecule has 0 radical (unpaired) electrons. The lowest BCUT2D eigenvalue weighted by atomic mass is 9.65. The fourth-order valence-corrected chi connectivity index (χ4v) is 4.80. The van der Waals surface area contributed by atoms with Gasteiger partial charge < -0.3 is 0 Å². The van der Waals surface area contributed by atoms with Crippen molar-refractivity contribution in [3.63, 3.8) is 0 Å². The van der Waals surface area contributed by atoms with Crippen molar-refractivity contribution < 1.29 is 0 Å². The second kappa shape index (κ2) is 6.02. The Hall–Kier alpha value is -0.260. The zero-order valence-corrected chi connectivity index (χ0v) is 13.7. The summed E-state index contributed by atoms with van der Waals surface area (Å²) >= 11 is 0. The van der Waals surface area contributed by atoms with Crippen LogP contribution in [0.2, 0.25) is 0 Å². The van der Waals surface area contributed by atoms with Crippen molar-refractivity contribution in [2.24, 2.45) is 47.3 Å². The Morgan fingerprint density at radius 2 is 1.53 bits per heavy atom. The molecular weight excluding hydrogens is 228 g/mol. The maximum Gasteiger partial charge on any atom is -0.0234 e. The van der Waals surface area contributed by atoms with E-state index in [0.29, 0.717) is 5.92 Å². The minimum Gasteiger partial charge on any atom is -0.103 e. The summed E-state index contributed by atoms with van der Waals surface area (Å²) in [6, 6.07) is 0. The lowest BCUT2D eigenvalue weighted by Gasteiger charge is -2.40. The van der Waals surface area contributed by atoms with Crippen molar-refractivity contribution >= 4 is 0 Å². The Bertz CT molecular complexity index is 305. The van der Waals surface area contributed by atoms with Crippen LogP contribution in [0, 0.1) is 47.3 Å². The maximum absolute atomic E-state index is 3.99. The Balaban J connectivity index is 1.88. The van der Waals surface area contributed by atoms with E-state index in [9.17, 15) is 0 Å². The smallest absolute Gasteiger partial charge is 0.0234 e. The van der Waals surface area contributed by atoms with Gasteiger partial charge in [0.15, 0.2) is 0 Å². The van der Waals surface area contributed by atoms with Gasteiger partial charge in [-0.05, 0) is 73.0 Å². The summed E-state index contributed by atoms with van der Waals surface area (Å²) in [5.74, 6) is 7.37. The molecule has 2 fully saturated rings. The highest BCUT2D eigenvalue weighted by Gasteiger charge is 2.42. The summed E-state index contributed by atoms with van der Waals surface area (Å²) < 4.78 is 0. The van der Waals surface area contributed by atoms with Crippen molar-refractivity contribution in [2.75, 3.05) is 0 Å². The van der Waals surface area contributed by atoms with Crippen LogP contribution in [-0.2, 0) is 0 Å². The lowest BCUT2D eigenvalue weighted by molar-refractivity contribution is 0.102. The summed E-state index contributed by atoms with van der Waals surface area (Å²) in [6.45, 7) is 16.3. The largest absolute Gasteiger partial charge is 0.103 e. The zero-order chi connectivity index (χ0) is 14.2. The van der Waals surface area contributed by atoms with Gasteiger partial charge in [0.1, 0.15) is 0 Å². The van der Waals surface area contributed by atoms with Crippen LogP contribution in [0.15, 0.2) is 12.7 Å². The lowest BCUT2D eigenvalue weighted by Crippen LogP contribution is -2.32. The molecule has 0 aromatic carbocycles. The van der Waals surface area contributed by atoms with E-state index < -0.39 is 0 Å². The Kier molecular flexibility index (Phi) is 4.79. The molecule has 0 aliphatic heterocycles. The van der Waals surface area contributed by atoms with Crippen molar-refractivity contribution in [2.45, 2.75) is 60.3 Å². The van der Waals surface area contributed by atoms with Crippen LogP contribution < -0.4 is 0 Å². The van der Waals surface area contributed by atoms with Crippen LogP contribution in [0.1, 0.15) is 60.3 Å². The molecule has 0 nitrogen and oxygen atoms in total. The molecule has 0 N–H and O–H groups in total. The topological polar surface area (TPSA) is 0 Å². The van der Waals surface area contributed by atoms with E-state index in [4.69, 9.17) is 0 Å². The molecule has 0 bridgehead atoms. The maximum atomic E-state index is 3.99. The quantitative estimate of drug-likeness (QED) is 0.550. The van der Waals surface area contributed by atoms with Crippen LogP contribution in [0.5, 0.6) is 0 Å². The van der Waals surface area contributed by atoms with Gasteiger partial charge in [-0.2, -0.15) is 0 Å². The van der Waals surface area contributed by atoms with E-state index in [1.54, 1.807) is 0 Å². The first-order chi connectivity index (χ1) is 8.95. The van der Waals surface area contributed by atoms with Crippen LogP contribution in [0.4, 0.5) is 0 Å². The monoisotopic (exact) mass is 262 g/mol. The molecule has 0 aromatic rings. The highest BCUT2D eigenvalue weighted by molar-refractivity contribution is 4.93. The minimum atomic E-state index is 0.701. The Morgan fingerprint density at radius 3 is 2.00 bits per heavy atom. The average Bonchev–Trinajstić information content (AvgIpc) is 3.13. The molecule has 2 aliphatic rings. The number of allylic oxidation sites excluding steroid dienone is 1. The van der Waals surface area contributed by atoms with E-state index in [1.807, 2.05) is 0 Å². The number of rotatable bonds is 5. The minimum absolute atomic E-state index is 0.701. The van der Waals surface area contributed by atoms with Gasteiger partial charge in [0.25, 0.3) is 0 Å². The van der Waals surface area contributed by atoms with E-state index >= 15 is 0 Å². The van der Waals surface area contributed by atoms with Crippen molar-refractivity contribution in [1.29, 1.82) is 0 Å². The van der Waals surface area contributed by atoms with E-state index in [-0.39, 0.29) is 0 Å². The molecule has 0 spiro atoms. The molecular formula is C19H34. The molecule has 19 heavy (non-hydrogen) atoms. The third-order valence-corrected chi connectivity index (χ3v) is 6.74. The highest BCUT2D eigenvalue weighted by Crippen LogP contribution is 2.50. The first kappa shape index (κ1) is 15.1. The van der Waals surface area contributed by atoms with E-state index in [1.165, 1.54) is 25.7 Å². The molecule has 2 rings (SSSR count). The van der Waals surface area contributed by atoms with Gasteiger partial charge in [0.05, 0.1) is 0 Å². The Morgan fingerprint density at radius 1 is 0.895 bits per heavy atom. The first-order valence-corrected chi connectivity index (χ1v) is 8.58. The summed E-state index contributed by atoms with van der Waals surface area (Å²) in [7, 11) is 0. The van der Waals surface area contributed by atoms with Gasteiger partial charge >= 0.3 is 0 Å². The van der Waals surface area contributed by atoms with Crippen LogP contribution >= 0.6 is 0 Å². The fraction of sp³-hybridized carbons (Fsp3) is 0.895. The normalized spacial score (nSPS) is 43.3. The fourth-order valence-electron chi connectivity index (χ4n) is 4.80. The summed E-state index contributed by atoms with van der Waals surface area (Å²) in [4.78, 5) is 0. The van der Waals surface area contributed by atoms with Gasteiger partial charge in [-0.15, -0.1) is 6.58 Å². The molecule has 0 heteroatoms. The standard InChI is InChI=1S/C19H34/c1-7-12(2)18-9-8-17(10-13(18)3)15(5)16(6)19-11-14(19)4/h7,12-19H,1,8-11H2,2-6H3. The van der Waals surface area contributed by atoms with Gasteiger partial charge in [0, 0.05) is 0 Å². The number of hydrogen-bond donors (Lipinski definition) is 0. The summed E-state index contributed by atoms with van der Waals surface area (Å²) in [5.41, 5.74) is 0. The zero-order valence-electron chi connectivity index (χ0n) is 13.7. The van der Waals surface area contributed by atoms with Gasteiger partial charge in [0.2, 0.25) is 0 Å². The predicted molar refractivity (Wildman–Crippen MR) is 85.0 cm³/mol. The molecule has 2 saturated carbocycles. The van der Waals surface area contributed by atoms with Crippen LogP contribution in [-0.4, -0.2) is 0 Å². The highest BCUT2D eigenvalue weighted by atomic mass is 14.5. The van der Waals surface area contributed by atoms with Crippen LogP contribution in [0.3, 0.4) is 0 Å². The Labute approximate surface area is 121 Å². The molecule has 0 aromatic heterocycles. The molecule has 0 heterocycles. The molecule has 8 atom stereocenters.